The van der Waals surface area contributed by atoms with Gasteiger partial charge in [-0.1, -0.05) is 227 Å². The Bertz CT molecular complexity index is 619. The van der Waals surface area contributed by atoms with Crippen molar-refractivity contribution in [2.24, 2.45) is 5.92 Å². The van der Waals surface area contributed by atoms with Crippen LogP contribution in [-0.4, -0.2) is 23.7 Å². The van der Waals surface area contributed by atoms with E-state index < -0.39 is 5.97 Å². The summed E-state index contributed by atoms with van der Waals surface area (Å²) in [6, 6.07) is 0. The summed E-state index contributed by atoms with van der Waals surface area (Å²) in [4.78, 5) is 22.2. The molecule has 1 N–H and O–H groups in total. The number of rotatable bonds is 38. The number of carboxylic acid groups (broad SMARTS) is 1. The molecule has 0 amide bonds. The molecule has 1 atom stereocenters. The maximum absolute atomic E-state index is 11.8. The minimum atomic E-state index is -0.653. The second-order valence-electron chi connectivity index (χ2n) is 14.9. The molecule has 0 saturated heterocycles. The molecule has 0 saturated carbocycles. The van der Waals surface area contributed by atoms with Gasteiger partial charge >= 0.3 is 11.9 Å². The highest BCUT2D eigenvalue weighted by atomic mass is 16.5. The van der Waals surface area contributed by atoms with Crippen LogP contribution in [0.4, 0.5) is 0 Å². The van der Waals surface area contributed by atoms with Crippen LogP contribution in [0.1, 0.15) is 259 Å². The molecule has 288 valence electrons. The highest BCUT2D eigenvalue weighted by molar-refractivity contribution is 5.69. The van der Waals surface area contributed by atoms with Crippen LogP contribution in [-0.2, 0) is 14.3 Å². The molecule has 0 heterocycles. The smallest absolute Gasteiger partial charge is 0.305 e. The summed E-state index contributed by atoms with van der Waals surface area (Å²) in [5.74, 6) is -0.0747. The van der Waals surface area contributed by atoms with Crippen LogP contribution in [0, 0.1) is 5.92 Å². The zero-order valence-corrected chi connectivity index (χ0v) is 33.4. The molecule has 48 heavy (non-hydrogen) atoms. The van der Waals surface area contributed by atoms with Crippen molar-refractivity contribution in [3.05, 3.63) is 0 Å². The van der Waals surface area contributed by atoms with E-state index in [1.54, 1.807) is 0 Å². The van der Waals surface area contributed by atoms with Crippen LogP contribution in [0.15, 0.2) is 0 Å². The molecule has 0 bridgehead atoms. The number of hydrogen-bond donors (Lipinski definition) is 1. The van der Waals surface area contributed by atoms with Gasteiger partial charge < -0.3 is 9.84 Å². The summed E-state index contributed by atoms with van der Waals surface area (Å²) in [7, 11) is 0. The molecule has 4 heteroatoms. The Hall–Kier alpha value is -1.06. The summed E-state index contributed by atoms with van der Waals surface area (Å²) < 4.78 is 5.47. The first-order valence-corrected chi connectivity index (χ1v) is 21.9. The predicted octanol–water partition coefficient (Wildman–Crippen LogP) is 15.3. The van der Waals surface area contributed by atoms with E-state index in [1.807, 2.05) is 0 Å². The lowest BCUT2D eigenvalue weighted by Gasteiger charge is -2.14. The maximum Gasteiger partial charge on any atom is 0.305 e. The van der Waals surface area contributed by atoms with E-state index in [9.17, 15) is 9.59 Å². The van der Waals surface area contributed by atoms with Crippen molar-refractivity contribution in [3.8, 4) is 0 Å². The van der Waals surface area contributed by atoms with Gasteiger partial charge in [0.1, 0.15) is 0 Å². The van der Waals surface area contributed by atoms with Gasteiger partial charge in [-0.05, 0) is 25.2 Å². The van der Waals surface area contributed by atoms with Gasteiger partial charge in [0.15, 0.2) is 0 Å². The third kappa shape index (κ3) is 44.9. The second kappa shape index (κ2) is 44.0. The fourth-order valence-corrected chi connectivity index (χ4v) is 6.47. The van der Waals surface area contributed by atoms with Crippen LogP contribution in [0.25, 0.3) is 0 Å². The minimum Gasteiger partial charge on any atom is -0.481 e. The van der Waals surface area contributed by atoms with Crippen molar-refractivity contribution >= 4 is 11.9 Å². The Morgan fingerprint density at radius 2 is 0.708 bits per heavy atom. The van der Waals surface area contributed by atoms with Crippen molar-refractivity contribution in [1.29, 1.82) is 0 Å². The van der Waals surface area contributed by atoms with E-state index in [1.165, 1.54) is 193 Å². The van der Waals surface area contributed by atoms with Crippen molar-refractivity contribution in [1.82, 2.24) is 0 Å². The first-order valence-electron chi connectivity index (χ1n) is 21.9. The molecule has 0 radical (unpaired) electrons. The van der Waals surface area contributed by atoms with Gasteiger partial charge in [-0.2, -0.15) is 0 Å². The van der Waals surface area contributed by atoms with E-state index in [-0.39, 0.29) is 5.97 Å². The quantitative estimate of drug-likeness (QED) is 0.0521. The lowest BCUT2D eigenvalue weighted by molar-refractivity contribution is -0.145. The van der Waals surface area contributed by atoms with Crippen molar-refractivity contribution in [2.75, 3.05) is 6.61 Å². The molecule has 0 spiro atoms. The molecule has 0 aliphatic heterocycles. The van der Waals surface area contributed by atoms with Gasteiger partial charge in [0.2, 0.25) is 0 Å². The van der Waals surface area contributed by atoms with Gasteiger partial charge in [0, 0.05) is 12.8 Å². The third-order valence-electron chi connectivity index (χ3n) is 10.0. The maximum atomic E-state index is 11.8. The number of ether oxygens (including phenoxy) is 1. The summed E-state index contributed by atoms with van der Waals surface area (Å²) in [6.45, 7) is 9.60. The Morgan fingerprint density at radius 3 is 1.00 bits per heavy atom. The minimum absolute atomic E-state index is 0.0182. The van der Waals surface area contributed by atoms with E-state index >= 15 is 0 Å². The van der Waals surface area contributed by atoms with E-state index in [2.05, 4.69) is 27.7 Å². The highest BCUT2D eigenvalue weighted by Crippen LogP contribution is 2.16. The van der Waals surface area contributed by atoms with Crippen LogP contribution < -0.4 is 0 Å². The van der Waals surface area contributed by atoms with Crippen molar-refractivity contribution in [3.63, 3.8) is 0 Å². The van der Waals surface area contributed by atoms with E-state index in [0.29, 0.717) is 25.4 Å². The first-order chi connectivity index (χ1) is 23.5. The zero-order chi connectivity index (χ0) is 35.6. The topological polar surface area (TPSA) is 63.6 Å². The Kier molecular flexibility index (Phi) is 44.9. The van der Waals surface area contributed by atoms with Gasteiger partial charge in [0.25, 0.3) is 0 Å². The van der Waals surface area contributed by atoms with E-state index in [4.69, 9.17) is 9.84 Å². The summed E-state index contributed by atoms with van der Waals surface area (Å²) in [5, 5.41) is 8.52. The number of aliphatic carboxylic acids is 1. The molecule has 0 aliphatic carbocycles. The molecule has 1 unspecified atom stereocenters. The molecule has 0 aromatic heterocycles. The lowest BCUT2D eigenvalue weighted by atomic mass is 10.0. The number of carbonyl (C=O) groups is 2. The fourth-order valence-electron chi connectivity index (χ4n) is 6.47. The average Bonchev–Trinajstić information content (AvgIpc) is 3.08. The Morgan fingerprint density at radius 1 is 0.417 bits per heavy atom. The molecule has 0 fully saturated rings. The third-order valence-corrected chi connectivity index (χ3v) is 10.0. The van der Waals surface area contributed by atoms with Crippen LogP contribution in [0.3, 0.4) is 0 Å². The first kappa shape index (κ1) is 49.1. The van der Waals surface area contributed by atoms with Crippen LogP contribution in [0.2, 0.25) is 0 Å². The summed E-state index contributed by atoms with van der Waals surface area (Å²) in [6.07, 6.45) is 46.0. The monoisotopic (exact) mass is 681 g/mol. The van der Waals surface area contributed by atoms with Crippen molar-refractivity contribution in [2.45, 2.75) is 259 Å². The molecular formula is C44H88O4. The second-order valence-corrected chi connectivity index (χ2v) is 14.9. The molecule has 0 aliphatic rings. The van der Waals surface area contributed by atoms with Crippen LogP contribution >= 0.6 is 0 Å². The number of unbranched alkanes of at least 4 members (excludes halogenated alkanes) is 29. The molecule has 0 rings (SSSR count). The average molecular weight is 681 g/mol. The molecule has 0 aromatic carbocycles. The molecule has 0 aromatic rings. The number of carboxylic acids is 1. The summed E-state index contributed by atoms with van der Waals surface area (Å²) >= 11 is 0. The SMILES string of the molecule is CCCCCCCCCCCCCCCCCC(=O)O.CCCCCCCCCCCCCCCCCC(=O)OCC(CC)CCCC. The van der Waals surface area contributed by atoms with E-state index in [0.717, 1.165) is 25.7 Å². The van der Waals surface area contributed by atoms with Crippen LogP contribution in [0.5, 0.6) is 0 Å². The number of carbonyl (C=O) groups excluding carboxylic acids is 1. The number of esters is 1. The Labute approximate surface area is 302 Å². The Balaban J connectivity index is 0. The standard InChI is InChI=1S/C26H52O2.C18H36O2/c1-4-7-9-10-11-12-13-14-15-16-17-18-19-20-21-23-26(27)28-24-25(6-3)22-8-5-2;1-2-3-4-5-6-7-8-9-10-11-12-13-14-15-16-17-18(19)20/h25H,4-24H2,1-3H3;2-17H2,1H3,(H,19,20). The predicted molar refractivity (Wildman–Crippen MR) is 211 cm³/mol. The van der Waals surface area contributed by atoms with Gasteiger partial charge in [0.05, 0.1) is 6.61 Å². The van der Waals surface area contributed by atoms with Crippen molar-refractivity contribution < 1.29 is 19.4 Å². The molecular weight excluding hydrogens is 592 g/mol. The highest BCUT2D eigenvalue weighted by Gasteiger charge is 2.09. The van der Waals surface area contributed by atoms with Gasteiger partial charge in [-0.3, -0.25) is 9.59 Å². The number of hydrogen-bond acceptors (Lipinski definition) is 3. The normalized spacial score (nSPS) is 11.7. The molecule has 4 nitrogen and oxygen atoms in total. The fraction of sp³-hybridized carbons (Fsp3) is 0.955. The zero-order valence-electron chi connectivity index (χ0n) is 33.4. The summed E-state index contributed by atoms with van der Waals surface area (Å²) in [5.41, 5.74) is 0. The lowest BCUT2D eigenvalue weighted by Crippen LogP contribution is -2.13. The van der Waals surface area contributed by atoms with Gasteiger partial charge in [-0.25, -0.2) is 0 Å². The largest absolute Gasteiger partial charge is 0.481 e. The van der Waals surface area contributed by atoms with Gasteiger partial charge in [-0.15, -0.1) is 0 Å².